The standard InChI is InChI=1S/C32H24Cl3FO6.Na/c33-25-10-9-22(15-26(25)34)42-29-11-6-20(36)14-19(29)2-1-3-28(37)18-4-7-21(8-5-18)41-31-17-30-24(16-27(31)35)23(32(38)39)12-13-40-30;/h4-11,14-17,23H,1-3,12-13H2,(H,38,39);/q;+1/p-1. The molecule has 1 aliphatic rings. The van der Waals surface area contributed by atoms with Crippen LogP contribution in [0.1, 0.15) is 46.7 Å². The Morgan fingerprint density at radius 1 is 0.860 bits per heavy atom. The average molecular weight is 652 g/mol. The molecule has 5 rings (SSSR count). The first kappa shape index (κ1) is 33.1. The number of hydrogen-bond donors (Lipinski definition) is 0. The maximum Gasteiger partial charge on any atom is 1.00 e. The minimum atomic E-state index is -1.18. The molecule has 0 amide bonds. The van der Waals surface area contributed by atoms with E-state index in [-0.39, 0.29) is 53.4 Å². The van der Waals surface area contributed by atoms with Crippen LogP contribution in [0.15, 0.2) is 72.8 Å². The summed E-state index contributed by atoms with van der Waals surface area (Å²) < 4.78 is 31.4. The van der Waals surface area contributed by atoms with Crippen LogP contribution in [0.25, 0.3) is 0 Å². The Morgan fingerprint density at radius 2 is 1.58 bits per heavy atom. The van der Waals surface area contributed by atoms with Gasteiger partial charge in [-0.15, -0.1) is 0 Å². The number of halogens is 4. The number of aliphatic carboxylic acids is 1. The number of carboxylic acids is 1. The molecule has 1 aliphatic heterocycles. The Kier molecular flexibility index (Phi) is 11.4. The molecule has 43 heavy (non-hydrogen) atoms. The van der Waals surface area contributed by atoms with Gasteiger partial charge in [-0.05, 0) is 85.5 Å². The molecule has 0 N–H and O–H groups in total. The Hall–Kier alpha value is -2.78. The molecule has 0 spiro atoms. The van der Waals surface area contributed by atoms with Crippen molar-refractivity contribution in [3.8, 4) is 28.7 Å². The van der Waals surface area contributed by atoms with E-state index in [1.807, 2.05) is 0 Å². The van der Waals surface area contributed by atoms with Crippen molar-refractivity contribution in [2.75, 3.05) is 6.61 Å². The van der Waals surface area contributed by atoms with Gasteiger partial charge in [-0.2, -0.15) is 0 Å². The van der Waals surface area contributed by atoms with Gasteiger partial charge in [0.05, 0.1) is 21.7 Å². The van der Waals surface area contributed by atoms with E-state index in [0.717, 1.165) is 0 Å². The smallest absolute Gasteiger partial charge is 0.549 e. The topological polar surface area (TPSA) is 84.9 Å². The molecule has 0 bridgehead atoms. The number of aryl methyl sites for hydroxylation is 1. The molecule has 0 fully saturated rings. The van der Waals surface area contributed by atoms with Crippen LogP contribution in [-0.2, 0) is 11.2 Å². The van der Waals surface area contributed by atoms with E-state index in [2.05, 4.69) is 0 Å². The van der Waals surface area contributed by atoms with Gasteiger partial charge in [-0.1, -0.05) is 34.8 Å². The van der Waals surface area contributed by atoms with Gasteiger partial charge in [0.1, 0.15) is 34.6 Å². The fraction of sp³-hybridized carbons (Fsp3) is 0.188. The minimum Gasteiger partial charge on any atom is -0.549 e. The maximum absolute atomic E-state index is 14.0. The second kappa shape index (κ2) is 14.8. The van der Waals surface area contributed by atoms with E-state index >= 15 is 0 Å². The number of ketones is 1. The third-order valence-corrected chi connectivity index (χ3v) is 7.82. The molecule has 0 aromatic heterocycles. The third kappa shape index (κ3) is 8.24. The third-order valence-electron chi connectivity index (χ3n) is 6.78. The number of carbonyl (C=O) groups excluding carboxylic acids is 2. The van der Waals surface area contributed by atoms with Gasteiger partial charge in [0.2, 0.25) is 0 Å². The second-order valence-corrected chi connectivity index (χ2v) is 10.9. The second-order valence-electron chi connectivity index (χ2n) is 9.66. The molecule has 0 radical (unpaired) electrons. The first-order valence-corrected chi connectivity index (χ1v) is 14.2. The molecule has 0 saturated heterocycles. The van der Waals surface area contributed by atoms with Gasteiger partial charge in [-0.3, -0.25) is 4.79 Å². The molecule has 4 aromatic carbocycles. The Morgan fingerprint density at radius 3 is 2.30 bits per heavy atom. The summed E-state index contributed by atoms with van der Waals surface area (Å²) in [5.41, 5.74) is 1.56. The number of benzene rings is 4. The van der Waals surface area contributed by atoms with Gasteiger partial charge in [0.15, 0.2) is 5.78 Å². The van der Waals surface area contributed by atoms with Crippen molar-refractivity contribution >= 4 is 46.6 Å². The van der Waals surface area contributed by atoms with Crippen molar-refractivity contribution in [2.45, 2.75) is 31.6 Å². The van der Waals surface area contributed by atoms with Gasteiger partial charge in [-0.25, -0.2) is 4.39 Å². The van der Waals surface area contributed by atoms with E-state index in [0.29, 0.717) is 74.7 Å². The zero-order valence-corrected chi connectivity index (χ0v) is 27.3. The quantitative estimate of drug-likeness (QED) is 0.173. The van der Waals surface area contributed by atoms with Crippen LogP contribution in [0.2, 0.25) is 15.1 Å². The Bertz CT molecular complexity index is 1650. The van der Waals surface area contributed by atoms with Gasteiger partial charge < -0.3 is 24.1 Å². The van der Waals surface area contributed by atoms with Gasteiger partial charge in [0.25, 0.3) is 0 Å². The number of fused-ring (bicyclic) bond motifs is 1. The summed E-state index contributed by atoms with van der Waals surface area (Å²) in [6.45, 7) is 0.244. The van der Waals surface area contributed by atoms with Gasteiger partial charge >= 0.3 is 29.6 Å². The Labute approximate surface area is 284 Å². The predicted octanol–water partition coefficient (Wildman–Crippen LogP) is 5.20. The molecule has 6 nitrogen and oxygen atoms in total. The largest absolute Gasteiger partial charge is 1.00 e. The van der Waals surface area contributed by atoms with Crippen LogP contribution in [0.4, 0.5) is 4.39 Å². The van der Waals surface area contributed by atoms with Crippen molar-refractivity contribution in [2.24, 2.45) is 0 Å². The molecular weight excluding hydrogens is 629 g/mol. The van der Waals surface area contributed by atoms with E-state index in [1.165, 1.54) is 24.3 Å². The van der Waals surface area contributed by atoms with Crippen molar-refractivity contribution in [3.05, 3.63) is 110 Å². The van der Waals surface area contributed by atoms with Crippen LogP contribution in [0, 0.1) is 5.82 Å². The maximum atomic E-state index is 14.0. The first-order valence-electron chi connectivity index (χ1n) is 13.1. The molecule has 1 atom stereocenters. The molecule has 4 aromatic rings. The number of rotatable bonds is 10. The van der Waals surface area contributed by atoms with Crippen LogP contribution in [0.5, 0.6) is 28.7 Å². The first-order chi connectivity index (χ1) is 20.2. The monoisotopic (exact) mass is 650 g/mol. The predicted molar refractivity (Wildman–Crippen MR) is 156 cm³/mol. The summed E-state index contributed by atoms with van der Waals surface area (Å²) >= 11 is 18.4. The number of Topliss-reactive ketones (excluding diaryl/α,β-unsaturated/α-hetero) is 1. The van der Waals surface area contributed by atoms with Crippen LogP contribution in [-0.4, -0.2) is 18.4 Å². The number of carbonyl (C=O) groups is 2. The van der Waals surface area contributed by atoms with Crippen LogP contribution >= 0.6 is 34.8 Å². The number of carboxylic acid groups (broad SMARTS) is 1. The molecule has 1 unspecified atom stereocenters. The number of hydrogen-bond acceptors (Lipinski definition) is 6. The average Bonchev–Trinajstić information content (AvgIpc) is 2.96. The van der Waals surface area contributed by atoms with E-state index < -0.39 is 17.7 Å². The summed E-state index contributed by atoms with van der Waals surface area (Å²) in [5, 5.41) is 12.4. The van der Waals surface area contributed by atoms with E-state index in [9.17, 15) is 19.1 Å². The van der Waals surface area contributed by atoms with Gasteiger partial charge in [0, 0.05) is 41.6 Å². The summed E-state index contributed by atoms with van der Waals surface area (Å²) in [6.07, 6.45) is 1.42. The van der Waals surface area contributed by atoms with Crippen LogP contribution < -0.4 is 48.9 Å². The molecular formula is C32H23Cl3FNaO6. The summed E-state index contributed by atoms with van der Waals surface area (Å²) in [6, 6.07) is 18.7. The summed E-state index contributed by atoms with van der Waals surface area (Å²) in [7, 11) is 0. The normalized spacial score (nSPS) is 13.7. The fourth-order valence-electron chi connectivity index (χ4n) is 4.64. The molecule has 1 heterocycles. The zero-order chi connectivity index (χ0) is 29.8. The molecule has 11 heteroatoms. The molecule has 0 saturated carbocycles. The van der Waals surface area contributed by atoms with Crippen LogP contribution in [0.3, 0.4) is 0 Å². The number of ether oxygens (including phenoxy) is 3. The zero-order valence-electron chi connectivity index (χ0n) is 23.0. The fourth-order valence-corrected chi connectivity index (χ4v) is 5.14. The SMILES string of the molecule is O=C(CCCc1cc(F)ccc1Oc1ccc(Cl)c(Cl)c1)c1ccc(Oc2cc3c(cc2Cl)C(C(=O)[O-])CCO3)cc1.[Na+]. The van der Waals surface area contributed by atoms with E-state index in [1.54, 1.807) is 48.5 Å². The summed E-state index contributed by atoms with van der Waals surface area (Å²) in [5.74, 6) is -0.439. The molecule has 216 valence electrons. The van der Waals surface area contributed by atoms with E-state index in [4.69, 9.17) is 49.0 Å². The summed E-state index contributed by atoms with van der Waals surface area (Å²) in [4.78, 5) is 24.3. The van der Waals surface area contributed by atoms with Crippen molar-refractivity contribution < 1.29 is 62.9 Å². The molecule has 0 aliphatic carbocycles. The minimum absolute atomic E-state index is 0. The Balaban J connectivity index is 0.00000423. The van der Waals surface area contributed by atoms with Crippen molar-refractivity contribution in [1.29, 1.82) is 0 Å². The van der Waals surface area contributed by atoms with Crippen molar-refractivity contribution in [1.82, 2.24) is 0 Å². The van der Waals surface area contributed by atoms with Crippen molar-refractivity contribution in [3.63, 3.8) is 0 Å².